The van der Waals surface area contributed by atoms with Crippen molar-refractivity contribution in [2.24, 2.45) is 0 Å². The first-order valence-corrected chi connectivity index (χ1v) is 8.58. The molecular weight excluding hydrogens is 320 g/mol. The lowest BCUT2D eigenvalue weighted by molar-refractivity contribution is -0.311. The van der Waals surface area contributed by atoms with Crippen LogP contribution < -0.4 is 0 Å². The van der Waals surface area contributed by atoms with E-state index in [4.69, 9.17) is 19.7 Å². The molecule has 1 saturated heterocycles. The van der Waals surface area contributed by atoms with Gasteiger partial charge in [-0.1, -0.05) is 39.0 Å². The van der Waals surface area contributed by atoms with E-state index in [0.29, 0.717) is 6.42 Å². The Morgan fingerprint density at radius 3 is 2.33 bits per heavy atom. The zero-order valence-corrected chi connectivity index (χ0v) is 14.1. The Bertz CT molecular complexity index is 362. The number of aliphatic hydroxyl groups is 4. The summed E-state index contributed by atoms with van der Waals surface area (Å²) in [7, 11) is 0. The van der Waals surface area contributed by atoms with Gasteiger partial charge in [-0.3, -0.25) is 4.79 Å². The van der Waals surface area contributed by atoms with E-state index in [1.807, 2.05) is 0 Å². The molecule has 2 unspecified atom stereocenters. The van der Waals surface area contributed by atoms with E-state index in [1.165, 1.54) is 0 Å². The first-order valence-electron chi connectivity index (χ1n) is 8.58. The normalized spacial score (nSPS) is 31.8. The van der Waals surface area contributed by atoms with Crippen molar-refractivity contribution in [3.05, 3.63) is 0 Å². The molecule has 1 heterocycles. The maximum atomic E-state index is 11.0. The molecule has 0 aromatic rings. The summed E-state index contributed by atoms with van der Waals surface area (Å²) in [5, 5.41) is 47.6. The second-order valence-electron chi connectivity index (χ2n) is 6.26. The molecule has 1 aliphatic rings. The number of hydrogen-bond acceptors (Lipinski definition) is 7. The molecule has 5 N–H and O–H groups in total. The van der Waals surface area contributed by atoms with E-state index in [2.05, 4.69) is 6.92 Å². The smallest absolute Gasteiger partial charge is 0.305 e. The van der Waals surface area contributed by atoms with Gasteiger partial charge in [-0.05, 0) is 6.42 Å². The molecular formula is C16H30O8. The number of unbranched alkanes of at least 4 members (excludes halogenated alkanes) is 4. The van der Waals surface area contributed by atoms with Gasteiger partial charge < -0.3 is 35.0 Å². The predicted octanol–water partition coefficient (Wildman–Crippen LogP) is 0.00670. The van der Waals surface area contributed by atoms with Crippen LogP contribution in [0.5, 0.6) is 0 Å². The van der Waals surface area contributed by atoms with Crippen LogP contribution in [0.15, 0.2) is 0 Å². The summed E-state index contributed by atoms with van der Waals surface area (Å²) >= 11 is 0. The number of aliphatic hydroxyl groups excluding tert-OH is 4. The average molecular weight is 350 g/mol. The summed E-state index contributed by atoms with van der Waals surface area (Å²) in [5.74, 6) is -1.03. The molecule has 0 radical (unpaired) electrons. The lowest BCUT2D eigenvalue weighted by Crippen LogP contribution is -2.59. The van der Waals surface area contributed by atoms with Crippen LogP contribution in [0.2, 0.25) is 0 Å². The van der Waals surface area contributed by atoms with Crippen LogP contribution in [0, 0.1) is 0 Å². The number of hydrogen-bond donors (Lipinski definition) is 5. The number of ether oxygens (including phenoxy) is 2. The van der Waals surface area contributed by atoms with Crippen LogP contribution in [0.1, 0.15) is 51.9 Å². The zero-order chi connectivity index (χ0) is 18.1. The maximum Gasteiger partial charge on any atom is 0.305 e. The molecule has 8 nitrogen and oxygen atoms in total. The van der Waals surface area contributed by atoms with Crippen molar-refractivity contribution >= 4 is 5.97 Å². The fraction of sp³-hybridized carbons (Fsp3) is 0.938. The molecule has 1 rings (SSSR count). The minimum atomic E-state index is -1.53. The van der Waals surface area contributed by atoms with Crippen molar-refractivity contribution in [2.75, 3.05) is 6.61 Å². The van der Waals surface area contributed by atoms with Crippen molar-refractivity contribution in [1.82, 2.24) is 0 Å². The van der Waals surface area contributed by atoms with E-state index < -0.39 is 49.4 Å². The maximum absolute atomic E-state index is 11.0. The van der Waals surface area contributed by atoms with Crippen LogP contribution >= 0.6 is 0 Å². The molecule has 6 atom stereocenters. The lowest BCUT2D eigenvalue weighted by atomic mass is 9.99. The topological polar surface area (TPSA) is 137 Å². The van der Waals surface area contributed by atoms with E-state index in [1.54, 1.807) is 0 Å². The van der Waals surface area contributed by atoms with Gasteiger partial charge in [-0.15, -0.1) is 0 Å². The number of carboxylic acids is 1. The Balaban J connectivity index is 2.58. The first kappa shape index (κ1) is 21.3. The van der Waals surface area contributed by atoms with Gasteiger partial charge in [0.25, 0.3) is 0 Å². The summed E-state index contributed by atoms with van der Waals surface area (Å²) < 4.78 is 10.8. The summed E-state index contributed by atoms with van der Waals surface area (Å²) in [4.78, 5) is 11.0. The molecule has 0 aromatic carbocycles. The largest absolute Gasteiger partial charge is 0.481 e. The fourth-order valence-electron chi connectivity index (χ4n) is 2.76. The molecule has 0 aliphatic carbocycles. The molecule has 0 amide bonds. The van der Waals surface area contributed by atoms with E-state index in [-0.39, 0.29) is 6.42 Å². The Kier molecular flexibility index (Phi) is 9.72. The predicted molar refractivity (Wildman–Crippen MR) is 84.3 cm³/mol. The van der Waals surface area contributed by atoms with Crippen molar-refractivity contribution in [2.45, 2.75) is 88.7 Å². The average Bonchev–Trinajstić information content (AvgIpc) is 2.54. The van der Waals surface area contributed by atoms with Crippen LogP contribution in [-0.2, 0) is 14.3 Å². The monoisotopic (exact) mass is 350 g/mol. The van der Waals surface area contributed by atoms with Gasteiger partial charge >= 0.3 is 5.97 Å². The van der Waals surface area contributed by atoms with Gasteiger partial charge in [0.2, 0.25) is 0 Å². The Labute approximate surface area is 142 Å². The lowest BCUT2D eigenvalue weighted by Gasteiger charge is -2.40. The van der Waals surface area contributed by atoms with E-state index in [9.17, 15) is 20.1 Å². The molecule has 142 valence electrons. The van der Waals surface area contributed by atoms with Crippen LogP contribution in [0.25, 0.3) is 0 Å². The van der Waals surface area contributed by atoms with Crippen molar-refractivity contribution in [1.29, 1.82) is 0 Å². The molecule has 8 heteroatoms. The van der Waals surface area contributed by atoms with Gasteiger partial charge in [-0.2, -0.15) is 0 Å². The quantitative estimate of drug-likeness (QED) is 0.329. The summed E-state index contributed by atoms with van der Waals surface area (Å²) in [5.41, 5.74) is 0. The third-order valence-electron chi connectivity index (χ3n) is 4.21. The summed E-state index contributed by atoms with van der Waals surface area (Å²) in [6, 6.07) is 0. The molecule has 0 bridgehead atoms. The van der Waals surface area contributed by atoms with Gasteiger partial charge in [0.1, 0.15) is 24.4 Å². The molecule has 1 fully saturated rings. The fourth-order valence-corrected chi connectivity index (χ4v) is 2.76. The van der Waals surface area contributed by atoms with Crippen LogP contribution in [-0.4, -0.2) is 74.9 Å². The number of aliphatic carboxylic acids is 1. The highest BCUT2D eigenvalue weighted by atomic mass is 16.7. The summed E-state index contributed by atoms with van der Waals surface area (Å²) in [6.45, 7) is 1.56. The van der Waals surface area contributed by atoms with Gasteiger partial charge in [0.05, 0.1) is 19.1 Å². The number of carbonyl (C=O) groups is 1. The van der Waals surface area contributed by atoms with Crippen molar-refractivity contribution in [3.8, 4) is 0 Å². The minimum Gasteiger partial charge on any atom is -0.481 e. The summed E-state index contributed by atoms with van der Waals surface area (Å²) in [6.07, 6.45) is -2.25. The van der Waals surface area contributed by atoms with Crippen LogP contribution in [0.3, 0.4) is 0 Å². The molecule has 0 saturated carbocycles. The van der Waals surface area contributed by atoms with Crippen molar-refractivity contribution in [3.63, 3.8) is 0 Å². The highest BCUT2D eigenvalue weighted by Crippen LogP contribution is 2.25. The zero-order valence-electron chi connectivity index (χ0n) is 14.1. The number of rotatable bonds is 11. The molecule has 24 heavy (non-hydrogen) atoms. The first-order chi connectivity index (χ1) is 11.4. The molecule has 0 spiro atoms. The standard InChI is InChI=1S/C16H30O8/c1-2-3-4-5-6-7-10(8-12(18)19)23-16-15(22)14(21)13(20)11(9-17)24-16/h10-11,13-17,20-22H,2-9H2,1H3,(H,18,19)/t10?,11-,13+,14+,15-,16?/m1/s1. The molecule has 0 aromatic heterocycles. The second kappa shape index (κ2) is 11.0. The Morgan fingerprint density at radius 2 is 1.75 bits per heavy atom. The third kappa shape index (κ3) is 6.62. The van der Waals surface area contributed by atoms with E-state index in [0.717, 1.165) is 32.1 Å². The van der Waals surface area contributed by atoms with Gasteiger partial charge in [-0.25, -0.2) is 0 Å². The Morgan fingerprint density at radius 1 is 1.08 bits per heavy atom. The van der Waals surface area contributed by atoms with Gasteiger partial charge in [0.15, 0.2) is 6.29 Å². The second-order valence-corrected chi connectivity index (χ2v) is 6.26. The number of carboxylic acid groups (broad SMARTS) is 1. The van der Waals surface area contributed by atoms with Crippen molar-refractivity contribution < 1.29 is 39.8 Å². The third-order valence-corrected chi connectivity index (χ3v) is 4.21. The molecule has 1 aliphatic heterocycles. The van der Waals surface area contributed by atoms with Gasteiger partial charge in [0, 0.05) is 0 Å². The van der Waals surface area contributed by atoms with Crippen LogP contribution in [0.4, 0.5) is 0 Å². The highest BCUT2D eigenvalue weighted by molar-refractivity contribution is 5.67. The Hall–Kier alpha value is -0.770. The highest BCUT2D eigenvalue weighted by Gasteiger charge is 2.44. The van der Waals surface area contributed by atoms with E-state index >= 15 is 0 Å². The SMILES string of the molecule is CCCCCCCC(CC(=O)O)OC1O[C@H](CO)[C@H](O)[C@H](O)[C@H]1O. The minimum absolute atomic E-state index is 0.247.